The molecule has 2 N–H and O–H groups in total. The van der Waals surface area contributed by atoms with Gasteiger partial charge < -0.3 is 20.4 Å². The first-order chi connectivity index (χ1) is 13.2. The van der Waals surface area contributed by atoms with Crippen LogP contribution in [0.15, 0.2) is 6.33 Å². The van der Waals surface area contributed by atoms with Gasteiger partial charge in [-0.15, -0.1) is 0 Å². The number of rotatable bonds is 4. The molecule has 4 rings (SSSR count). The first kappa shape index (κ1) is 18.5. The summed E-state index contributed by atoms with van der Waals surface area (Å²) in [5.74, 6) is 2.72. The quantitative estimate of drug-likeness (QED) is 0.842. The molecule has 1 saturated carbocycles. The monoisotopic (exact) mass is 372 g/mol. The Labute approximate surface area is 161 Å². The van der Waals surface area contributed by atoms with Gasteiger partial charge in [0, 0.05) is 19.6 Å². The fourth-order valence-electron chi connectivity index (χ4n) is 4.74. The number of nitrogens with zero attached hydrogens (tertiary/aromatic N) is 4. The Morgan fingerprint density at radius 3 is 2.67 bits per heavy atom. The Kier molecular flexibility index (Phi) is 5.76. The molecule has 1 aliphatic carbocycles. The molecule has 3 aliphatic rings. The summed E-state index contributed by atoms with van der Waals surface area (Å²) in [7, 11) is 1.96. The standard InChI is InChI=1S/C20H32N6O/c1-25-13-18(27)26(16-7-9-21-10-8-16)12-17-19(23-14-24-20(17)25)22-11-15-5-3-2-4-6-15/h14-16,21H,2-13H2,1H3,(H,22,23,24). The van der Waals surface area contributed by atoms with E-state index in [2.05, 4.69) is 25.5 Å². The first-order valence-corrected chi connectivity index (χ1v) is 10.5. The summed E-state index contributed by atoms with van der Waals surface area (Å²) in [6, 6.07) is 0.310. The van der Waals surface area contributed by atoms with Crippen LogP contribution in [0, 0.1) is 5.92 Å². The molecular formula is C20H32N6O. The number of nitrogens with one attached hydrogen (secondary N) is 2. The van der Waals surface area contributed by atoms with Crippen LogP contribution in [-0.4, -0.2) is 60.0 Å². The summed E-state index contributed by atoms with van der Waals surface area (Å²) < 4.78 is 0. The molecule has 3 heterocycles. The van der Waals surface area contributed by atoms with E-state index < -0.39 is 0 Å². The number of carbonyl (C=O) groups excluding carboxylic acids is 1. The lowest BCUT2D eigenvalue weighted by Crippen LogP contribution is -2.47. The Hall–Kier alpha value is -1.89. The second-order valence-electron chi connectivity index (χ2n) is 8.27. The van der Waals surface area contributed by atoms with Gasteiger partial charge in [0.15, 0.2) is 0 Å². The number of likely N-dealkylation sites (N-methyl/N-ethyl adjacent to an activating group) is 1. The van der Waals surface area contributed by atoms with Gasteiger partial charge >= 0.3 is 0 Å². The maximum Gasteiger partial charge on any atom is 0.242 e. The normalized spacial score (nSPS) is 22.5. The summed E-state index contributed by atoms with van der Waals surface area (Å²) in [6.07, 6.45) is 10.3. The SMILES string of the molecule is CN1CC(=O)N(C2CCNCC2)Cc2c(NCC3CCCCC3)ncnc21. The highest BCUT2D eigenvalue weighted by molar-refractivity contribution is 5.83. The zero-order chi connectivity index (χ0) is 18.6. The predicted octanol–water partition coefficient (Wildman–Crippen LogP) is 2.00. The second-order valence-corrected chi connectivity index (χ2v) is 8.27. The molecule has 1 aromatic rings. The largest absolute Gasteiger partial charge is 0.369 e. The minimum absolute atomic E-state index is 0.195. The van der Waals surface area contributed by atoms with E-state index in [1.165, 1.54) is 32.1 Å². The average Bonchev–Trinajstić information content (AvgIpc) is 2.84. The zero-order valence-electron chi connectivity index (χ0n) is 16.4. The smallest absolute Gasteiger partial charge is 0.242 e. The van der Waals surface area contributed by atoms with Gasteiger partial charge in [-0.1, -0.05) is 19.3 Å². The van der Waals surface area contributed by atoms with Crippen molar-refractivity contribution in [3.05, 3.63) is 11.9 Å². The Morgan fingerprint density at radius 2 is 1.89 bits per heavy atom. The van der Waals surface area contributed by atoms with Crippen molar-refractivity contribution in [2.75, 3.05) is 43.4 Å². The summed E-state index contributed by atoms with van der Waals surface area (Å²) in [5.41, 5.74) is 1.07. The molecule has 148 valence electrons. The van der Waals surface area contributed by atoms with Crippen LogP contribution < -0.4 is 15.5 Å². The van der Waals surface area contributed by atoms with E-state index in [0.29, 0.717) is 19.1 Å². The lowest BCUT2D eigenvalue weighted by Gasteiger charge is -2.34. The van der Waals surface area contributed by atoms with Gasteiger partial charge in [0.2, 0.25) is 5.91 Å². The van der Waals surface area contributed by atoms with E-state index >= 15 is 0 Å². The van der Waals surface area contributed by atoms with Gasteiger partial charge in [-0.3, -0.25) is 4.79 Å². The van der Waals surface area contributed by atoms with E-state index in [4.69, 9.17) is 0 Å². The maximum atomic E-state index is 12.9. The molecule has 2 fully saturated rings. The zero-order valence-corrected chi connectivity index (χ0v) is 16.4. The number of anilines is 2. The molecule has 1 amide bonds. The molecule has 0 spiro atoms. The van der Waals surface area contributed by atoms with Crippen LogP contribution in [0.1, 0.15) is 50.5 Å². The van der Waals surface area contributed by atoms with Crippen LogP contribution in [0.25, 0.3) is 0 Å². The number of amides is 1. The average molecular weight is 373 g/mol. The number of hydrogen-bond acceptors (Lipinski definition) is 6. The molecule has 0 bridgehead atoms. The molecule has 7 heteroatoms. The highest BCUT2D eigenvalue weighted by Crippen LogP contribution is 2.30. The summed E-state index contributed by atoms with van der Waals surface area (Å²) >= 11 is 0. The lowest BCUT2D eigenvalue weighted by molar-refractivity contribution is -0.133. The van der Waals surface area contributed by atoms with Gasteiger partial charge in [-0.25, -0.2) is 9.97 Å². The first-order valence-electron chi connectivity index (χ1n) is 10.5. The van der Waals surface area contributed by atoms with Crippen molar-refractivity contribution in [3.8, 4) is 0 Å². The van der Waals surface area contributed by atoms with Crippen molar-refractivity contribution < 1.29 is 4.79 Å². The molecular weight excluding hydrogens is 340 g/mol. The van der Waals surface area contributed by atoms with Crippen LogP contribution in [0.5, 0.6) is 0 Å². The van der Waals surface area contributed by atoms with E-state index in [0.717, 1.165) is 55.6 Å². The van der Waals surface area contributed by atoms with Crippen LogP contribution in [0.3, 0.4) is 0 Å². The van der Waals surface area contributed by atoms with Gasteiger partial charge in [-0.05, 0) is 44.7 Å². The predicted molar refractivity (Wildman–Crippen MR) is 107 cm³/mol. The summed E-state index contributed by atoms with van der Waals surface area (Å²) in [5, 5.41) is 7.00. The topological polar surface area (TPSA) is 73.4 Å². The Morgan fingerprint density at radius 1 is 1.11 bits per heavy atom. The van der Waals surface area contributed by atoms with Gasteiger partial charge in [0.1, 0.15) is 18.0 Å². The third-order valence-corrected chi connectivity index (χ3v) is 6.34. The molecule has 0 atom stereocenters. The number of hydrogen-bond donors (Lipinski definition) is 2. The van der Waals surface area contributed by atoms with Crippen molar-refractivity contribution >= 4 is 17.5 Å². The third-order valence-electron chi connectivity index (χ3n) is 6.34. The minimum atomic E-state index is 0.195. The highest BCUT2D eigenvalue weighted by Gasteiger charge is 2.32. The fraction of sp³-hybridized carbons (Fsp3) is 0.750. The maximum absolute atomic E-state index is 12.9. The van der Waals surface area contributed by atoms with E-state index in [-0.39, 0.29) is 5.91 Å². The highest BCUT2D eigenvalue weighted by atomic mass is 16.2. The number of fused-ring (bicyclic) bond motifs is 1. The van der Waals surface area contributed by atoms with Crippen molar-refractivity contribution in [3.63, 3.8) is 0 Å². The Bertz CT molecular complexity index is 654. The van der Waals surface area contributed by atoms with Crippen molar-refractivity contribution in [2.24, 2.45) is 5.92 Å². The molecule has 0 unspecified atom stereocenters. The molecule has 0 aromatic carbocycles. The lowest BCUT2D eigenvalue weighted by atomic mass is 9.89. The van der Waals surface area contributed by atoms with Gasteiger partial charge in [0.25, 0.3) is 0 Å². The summed E-state index contributed by atoms with van der Waals surface area (Å²) in [4.78, 5) is 26.0. The third kappa shape index (κ3) is 4.18. The summed E-state index contributed by atoms with van der Waals surface area (Å²) in [6.45, 7) is 3.92. The number of carbonyl (C=O) groups is 1. The van der Waals surface area contributed by atoms with Crippen LogP contribution in [0.2, 0.25) is 0 Å². The van der Waals surface area contributed by atoms with Gasteiger partial charge in [-0.2, -0.15) is 0 Å². The molecule has 1 aromatic heterocycles. The minimum Gasteiger partial charge on any atom is -0.369 e. The van der Waals surface area contributed by atoms with Crippen molar-refractivity contribution in [2.45, 2.75) is 57.5 Å². The van der Waals surface area contributed by atoms with Crippen molar-refractivity contribution in [1.82, 2.24) is 20.2 Å². The molecule has 27 heavy (non-hydrogen) atoms. The fourth-order valence-corrected chi connectivity index (χ4v) is 4.74. The molecule has 0 radical (unpaired) electrons. The van der Waals surface area contributed by atoms with E-state index in [9.17, 15) is 4.79 Å². The van der Waals surface area contributed by atoms with Gasteiger partial charge in [0.05, 0.1) is 18.7 Å². The molecule has 2 aliphatic heterocycles. The van der Waals surface area contributed by atoms with E-state index in [1.807, 2.05) is 11.9 Å². The molecule has 7 nitrogen and oxygen atoms in total. The molecule has 1 saturated heterocycles. The van der Waals surface area contributed by atoms with Crippen LogP contribution in [-0.2, 0) is 11.3 Å². The number of aromatic nitrogens is 2. The Balaban J connectivity index is 1.55. The van der Waals surface area contributed by atoms with Crippen LogP contribution >= 0.6 is 0 Å². The van der Waals surface area contributed by atoms with E-state index in [1.54, 1.807) is 6.33 Å². The van der Waals surface area contributed by atoms with Crippen molar-refractivity contribution in [1.29, 1.82) is 0 Å². The second kappa shape index (κ2) is 8.42. The van der Waals surface area contributed by atoms with Crippen LogP contribution in [0.4, 0.5) is 11.6 Å². The number of piperidine rings is 1.